The average Bonchev–Trinajstić information content (AvgIpc) is 2.37. The molecule has 156 valence electrons. The van der Waals surface area contributed by atoms with Crippen molar-refractivity contribution in [3.8, 4) is 0 Å². The maximum Gasteiger partial charge on any atom is 0.0780 e. The fourth-order valence-corrected chi connectivity index (χ4v) is 2.03. The first-order valence-corrected chi connectivity index (χ1v) is 11.0. The summed E-state index contributed by atoms with van der Waals surface area (Å²) >= 11 is 0. The second-order valence-electron chi connectivity index (χ2n) is 8.62. The summed E-state index contributed by atoms with van der Waals surface area (Å²) in [7, 11) is 8.40. The van der Waals surface area contributed by atoms with Crippen LogP contribution >= 0.6 is 7.82 Å². The molecule has 6 nitrogen and oxygen atoms in total. The monoisotopic (exact) mass is 384 g/mol. The van der Waals surface area contributed by atoms with Gasteiger partial charge >= 0.3 is 0 Å². The number of hydrogen-bond donors (Lipinski definition) is 1. The van der Waals surface area contributed by atoms with E-state index in [2.05, 4.69) is 56.1 Å². The predicted octanol–water partition coefficient (Wildman–Crippen LogP) is 2.35. The van der Waals surface area contributed by atoms with E-state index in [1.165, 1.54) is 64.5 Å². The Morgan fingerprint density at radius 2 is 0.920 bits per heavy atom. The fraction of sp³-hybridized carbons (Fsp3) is 1.00. The molecule has 0 aliphatic carbocycles. The van der Waals surface area contributed by atoms with Crippen molar-refractivity contribution >= 4 is 7.82 Å². The van der Waals surface area contributed by atoms with Crippen LogP contribution in [-0.2, 0) is 4.57 Å². The van der Waals surface area contributed by atoms with E-state index in [1.54, 1.807) is 0 Å². The molecule has 0 saturated carbocycles. The molecule has 0 saturated heterocycles. The third-order valence-electron chi connectivity index (χ3n) is 3.36. The van der Waals surface area contributed by atoms with Gasteiger partial charge in [0.25, 0.3) is 0 Å². The van der Waals surface area contributed by atoms with Crippen molar-refractivity contribution in [2.75, 3.05) is 55.4 Å². The molecule has 0 aliphatic rings. The zero-order valence-electron chi connectivity index (χ0n) is 18.1. The molecule has 0 radical (unpaired) electrons. The van der Waals surface area contributed by atoms with Crippen LogP contribution in [0, 0.1) is 0 Å². The molecule has 7 heteroatoms. The van der Waals surface area contributed by atoms with Crippen LogP contribution < -0.4 is 9.79 Å². The van der Waals surface area contributed by atoms with E-state index >= 15 is 0 Å². The van der Waals surface area contributed by atoms with E-state index in [0.717, 1.165) is 8.97 Å². The van der Waals surface area contributed by atoms with Gasteiger partial charge in [0.1, 0.15) is 0 Å². The number of hydrogen-bond acceptors (Lipinski definition) is 3. The molecule has 0 unspecified atom stereocenters. The van der Waals surface area contributed by atoms with Gasteiger partial charge in [-0.1, -0.05) is 39.5 Å². The Morgan fingerprint density at radius 1 is 0.680 bits per heavy atom. The molecule has 1 N–H and O–H groups in total. The van der Waals surface area contributed by atoms with Crippen LogP contribution in [0.15, 0.2) is 0 Å². The highest BCUT2D eigenvalue weighted by molar-refractivity contribution is 7.42. The Morgan fingerprint density at radius 3 is 1.08 bits per heavy atom. The summed E-state index contributed by atoms with van der Waals surface area (Å²) in [5, 5.41) is 0. The lowest BCUT2D eigenvalue weighted by atomic mass is 10.2. The molecular weight excluding hydrogens is 339 g/mol. The first kappa shape index (κ1) is 29.8. The number of quaternary nitrogens is 2. The van der Waals surface area contributed by atoms with Crippen molar-refractivity contribution in [3.05, 3.63) is 0 Å². The molecule has 0 aromatic carbocycles. The molecule has 0 aromatic rings. The molecule has 0 aliphatic heterocycles. The molecule has 0 atom stereocenters. The standard InChI is InChI=1S/2C9H22N.H3O4P/c2*1-5-6-7-8-9-10(2,3)4;1-5(2,3)4/h2*5-9H2,1-4H3;(H3,1,2,3,4)/q2*+1;/p-2. The number of nitrogens with zero attached hydrogens (tertiary/aromatic N) is 2. The van der Waals surface area contributed by atoms with Crippen LogP contribution in [0.25, 0.3) is 0 Å². The number of unbranched alkanes of at least 4 members (excludes halogenated alkanes) is 6. The lowest BCUT2D eigenvalue weighted by molar-refractivity contribution is -0.870. The van der Waals surface area contributed by atoms with Gasteiger partial charge in [0, 0.05) is 0 Å². The normalized spacial score (nSPS) is 12.0. The fourth-order valence-electron chi connectivity index (χ4n) is 2.03. The van der Waals surface area contributed by atoms with Crippen molar-refractivity contribution in [2.45, 2.75) is 65.2 Å². The highest BCUT2D eigenvalue weighted by Gasteiger charge is 2.05. The molecule has 25 heavy (non-hydrogen) atoms. The third kappa shape index (κ3) is 59.2. The van der Waals surface area contributed by atoms with Gasteiger partial charge in [-0.25, -0.2) is 0 Å². The molecule has 0 bridgehead atoms. The zero-order chi connectivity index (χ0) is 20.6. The lowest BCUT2D eigenvalue weighted by Gasteiger charge is -2.23. The highest BCUT2D eigenvalue weighted by atomic mass is 31.2. The van der Waals surface area contributed by atoms with Gasteiger partial charge in [0.05, 0.1) is 63.2 Å². The van der Waals surface area contributed by atoms with Crippen molar-refractivity contribution in [3.63, 3.8) is 0 Å². The maximum absolute atomic E-state index is 8.66. The number of rotatable bonds is 10. The first-order chi connectivity index (χ1) is 11.1. The lowest BCUT2D eigenvalue weighted by Crippen LogP contribution is -2.35. The largest absolute Gasteiger partial charge is 0.790 e. The second-order valence-corrected chi connectivity index (χ2v) is 9.55. The summed E-state index contributed by atoms with van der Waals surface area (Å²) < 4.78 is 10.9. The quantitative estimate of drug-likeness (QED) is 0.356. The van der Waals surface area contributed by atoms with Crippen LogP contribution in [0.3, 0.4) is 0 Å². The van der Waals surface area contributed by atoms with Gasteiger partial charge in [-0.3, -0.25) is 0 Å². The van der Waals surface area contributed by atoms with Crippen LogP contribution in [-0.4, -0.2) is 69.2 Å². The Bertz CT molecular complexity index is 290. The molecule has 0 rings (SSSR count). The molecular formula is C18H45N2O4P. The van der Waals surface area contributed by atoms with Crippen molar-refractivity contribution in [1.82, 2.24) is 0 Å². The average molecular weight is 385 g/mol. The van der Waals surface area contributed by atoms with E-state index in [1.807, 2.05) is 0 Å². The van der Waals surface area contributed by atoms with Crippen molar-refractivity contribution in [1.29, 1.82) is 0 Å². The predicted molar refractivity (Wildman–Crippen MR) is 104 cm³/mol. The molecule has 0 aromatic heterocycles. The van der Waals surface area contributed by atoms with Crippen LogP contribution in [0.5, 0.6) is 0 Å². The van der Waals surface area contributed by atoms with E-state index in [0.29, 0.717) is 0 Å². The van der Waals surface area contributed by atoms with E-state index in [9.17, 15) is 0 Å². The first-order valence-electron chi connectivity index (χ1n) is 9.48. The molecule has 0 spiro atoms. The van der Waals surface area contributed by atoms with Gasteiger partial charge in [0.15, 0.2) is 0 Å². The van der Waals surface area contributed by atoms with Gasteiger partial charge < -0.3 is 28.2 Å². The van der Waals surface area contributed by atoms with Gasteiger partial charge in [-0.05, 0) is 25.7 Å². The van der Waals surface area contributed by atoms with Gasteiger partial charge in [-0.15, -0.1) is 0 Å². The molecule has 0 heterocycles. The Labute approximate surface area is 157 Å². The maximum atomic E-state index is 8.66. The third-order valence-corrected chi connectivity index (χ3v) is 3.36. The van der Waals surface area contributed by atoms with Crippen LogP contribution in [0.1, 0.15) is 65.2 Å². The van der Waals surface area contributed by atoms with Gasteiger partial charge in [-0.2, -0.15) is 0 Å². The number of phosphoric acid groups is 1. The van der Waals surface area contributed by atoms with Crippen molar-refractivity contribution < 1.29 is 28.2 Å². The van der Waals surface area contributed by atoms with Crippen molar-refractivity contribution in [2.24, 2.45) is 0 Å². The minimum Gasteiger partial charge on any atom is -0.790 e. The minimum atomic E-state index is -5.14. The highest BCUT2D eigenvalue weighted by Crippen LogP contribution is 2.11. The van der Waals surface area contributed by atoms with Crippen LogP contribution in [0.2, 0.25) is 0 Å². The SMILES string of the molecule is CCCCCC[N+](C)(C)C.CCCCCC[N+](C)(C)C.O=P([O-])([O-])O. The Hall–Kier alpha value is 0.0300. The zero-order valence-corrected chi connectivity index (χ0v) is 19.0. The molecule has 0 fully saturated rings. The summed E-state index contributed by atoms with van der Waals surface area (Å²) in [5.74, 6) is 0. The Balaban J connectivity index is -0.000000308. The summed E-state index contributed by atoms with van der Waals surface area (Å²) in [4.78, 5) is 24.3. The van der Waals surface area contributed by atoms with Gasteiger partial charge in [0.2, 0.25) is 0 Å². The van der Waals surface area contributed by atoms with E-state index < -0.39 is 7.82 Å². The topological polar surface area (TPSA) is 83.4 Å². The second kappa shape index (κ2) is 16.2. The molecule has 0 amide bonds. The summed E-state index contributed by atoms with van der Waals surface area (Å²) in [5.41, 5.74) is 0. The Kier molecular flexibility index (Phi) is 19.3. The van der Waals surface area contributed by atoms with E-state index in [-0.39, 0.29) is 0 Å². The van der Waals surface area contributed by atoms with E-state index in [4.69, 9.17) is 19.2 Å². The summed E-state index contributed by atoms with van der Waals surface area (Å²) in [6.45, 7) is 7.15. The van der Waals surface area contributed by atoms with Crippen LogP contribution in [0.4, 0.5) is 0 Å². The summed E-state index contributed by atoms with van der Waals surface area (Å²) in [6.07, 6.45) is 11.1. The summed E-state index contributed by atoms with van der Waals surface area (Å²) in [6, 6.07) is 0. The minimum absolute atomic E-state index is 1.11. The smallest absolute Gasteiger partial charge is 0.0780 e.